The van der Waals surface area contributed by atoms with Gasteiger partial charge in [-0.05, 0) is 42.8 Å². The number of carbonyl (C=O) groups excluding carboxylic acids is 1. The lowest BCUT2D eigenvalue weighted by molar-refractivity contribution is -0.119. The Hall–Kier alpha value is -3.22. The summed E-state index contributed by atoms with van der Waals surface area (Å²) in [5.74, 6) is 0.789. The third-order valence-electron chi connectivity index (χ3n) is 3.23. The number of amides is 1. The number of methoxy groups -OCH3 is 1. The summed E-state index contributed by atoms with van der Waals surface area (Å²) in [7, 11) is 1.57. The molecule has 2 rings (SSSR count). The van der Waals surface area contributed by atoms with Crippen molar-refractivity contribution in [2.75, 3.05) is 25.6 Å². The third-order valence-corrected chi connectivity index (χ3v) is 3.23. The Morgan fingerprint density at radius 3 is 2.80 bits per heavy atom. The molecular weight excluding hydrogens is 322 g/mol. The first-order chi connectivity index (χ1) is 12.1. The molecular formula is C18H21N3O4. The van der Waals surface area contributed by atoms with Crippen LogP contribution in [0, 0.1) is 0 Å². The normalized spacial score (nSPS) is 10.5. The van der Waals surface area contributed by atoms with Crippen molar-refractivity contribution < 1.29 is 19.4 Å². The van der Waals surface area contributed by atoms with E-state index < -0.39 is 0 Å². The number of phenolic OH excluding ortho intramolecular Hbond substituents is 1. The molecule has 7 heteroatoms. The van der Waals surface area contributed by atoms with Crippen LogP contribution in [0.3, 0.4) is 0 Å². The molecule has 0 fully saturated rings. The lowest BCUT2D eigenvalue weighted by Gasteiger charge is -2.09. The van der Waals surface area contributed by atoms with E-state index >= 15 is 0 Å². The molecule has 0 saturated carbocycles. The molecule has 132 valence electrons. The van der Waals surface area contributed by atoms with Gasteiger partial charge >= 0.3 is 0 Å². The highest BCUT2D eigenvalue weighted by molar-refractivity contribution is 5.85. The Labute approximate surface area is 146 Å². The van der Waals surface area contributed by atoms with Gasteiger partial charge in [-0.15, -0.1) is 0 Å². The fraction of sp³-hybridized carbons (Fsp3) is 0.222. The zero-order valence-corrected chi connectivity index (χ0v) is 14.2. The molecule has 0 aliphatic carbocycles. The van der Waals surface area contributed by atoms with Crippen LogP contribution >= 0.6 is 0 Å². The van der Waals surface area contributed by atoms with Gasteiger partial charge < -0.3 is 19.9 Å². The summed E-state index contributed by atoms with van der Waals surface area (Å²) in [4.78, 5) is 11.8. The van der Waals surface area contributed by atoms with E-state index in [0.29, 0.717) is 23.7 Å². The Morgan fingerprint density at radius 1 is 1.24 bits per heavy atom. The number of para-hydroxylation sites is 2. The number of hydrogen-bond acceptors (Lipinski definition) is 6. The SMILES string of the molecule is CCOc1cc(/C=N\NC(=O)CNc2ccccc2OC)ccc1O. The number of nitrogens with zero attached hydrogens (tertiary/aromatic N) is 1. The second-order valence-corrected chi connectivity index (χ2v) is 5.01. The second-order valence-electron chi connectivity index (χ2n) is 5.01. The average molecular weight is 343 g/mol. The minimum Gasteiger partial charge on any atom is -0.504 e. The summed E-state index contributed by atoms with van der Waals surface area (Å²) in [6.45, 7) is 2.33. The Morgan fingerprint density at radius 2 is 2.04 bits per heavy atom. The summed E-state index contributed by atoms with van der Waals surface area (Å²) < 4.78 is 10.5. The van der Waals surface area contributed by atoms with Gasteiger partial charge in [-0.3, -0.25) is 4.79 Å². The van der Waals surface area contributed by atoms with Crippen molar-refractivity contribution in [3.05, 3.63) is 48.0 Å². The highest BCUT2D eigenvalue weighted by Gasteiger charge is 2.04. The van der Waals surface area contributed by atoms with Gasteiger partial charge in [-0.1, -0.05) is 12.1 Å². The van der Waals surface area contributed by atoms with Crippen molar-refractivity contribution in [3.63, 3.8) is 0 Å². The highest BCUT2D eigenvalue weighted by Crippen LogP contribution is 2.26. The molecule has 2 aromatic rings. The van der Waals surface area contributed by atoms with Gasteiger partial charge in [0.2, 0.25) is 0 Å². The first-order valence-electron chi connectivity index (χ1n) is 7.78. The third kappa shape index (κ3) is 5.42. The van der Waals surface area contributed by atoms with Crippen LogP contribution in [0.25, 0.3) is 0 Å². The minimum absolute atomic E-state index is 0.0531. The van der Waals surface area contributed by atoms with Crippen LogP contribution in [-0.4, -0.2) is 37.5 Å². The number of benzene rings is 2. The summed E-state index contributed by atoms with van der Waals surface area (Å²) >= 11 is 0. The second kappa shape index (κ2) is 9.17. The van der Waals surface area contributed by atoms with Crippen LogP contribution in [0.1, 0.15) is 12.5 Å². The van der Waals surface area contributed by atoms with Crippen LogP contribution in [0.15, 0.2) is 47.6 Å². The number of ether oxygens (including phenoxy) is 2. The van der Waals surface area contributed by atoms with E-state index in [1.54, 1.807) is 25.3 Å². The van der Waals surface area contributed by atoms with E-state index in [1.165, 1.54) is 12.3 Å². The summed E-state index contributed by atoms with van der Waals surface area (Å²) in [5.41, 5.74) is 3.85. The monoisotopic (exact) mass is 343 g/mol. The number of hydrazone groups is 1. The Bertz CT molecular complexity index is 747. The maximum atomic E-state index is 11.8. The quantitative estimate of drug-likeness (QED) is 0.505. The Balaban J connectivity index is 1.87. The molecule has 0 radical (unpaired) electrons. The standard InChI is InChI=1S/C18H21N3O4/c1-3-25-17-10-13(8-9-15(17)22)11-20-21-18(23)12-19-14-6-4-5-7-16(14)24-2/h4-11,19,22H,3,12H2,1-2H3,(H,21,23)/b20-11-. The van der Waals surface area contributed by atoms with Crippen LogP contribution in [-0.2, 0) is 4.79 Å². The predicted octanol–water partition coefficient (Wildman–Crippen LogP) is 2.36. The van der Waals surface area contributed by atoms with Crippen LogP contribution in [0.5, 0.6) is 17.2 Å². The summed E-state index contributed by atoms with van der Waals surface area (Å²) in [6, 6.07) is 12.1. The zero-order valence-electron chi connectivity index (χ0n) is 14.2. The molecule has 25 heavy (non-hydrogen) atoms. The predicted molar refractivity (Wildman–Crippen MR) is 96.5 cm³/mol. The van der Waals surface area contributed by atoms with Gasteiger partial charge in [0.1, 0.15) is 5.75 Å². The van der Waals surface area contributed by atoms with Gasteiger partial charge in [0.05, 0.1) is 32.2 Å². The maximum Gasteiger partial charge on any atom is 0.259 e. The molecule has 0 spiro atoms. The van der Waals surface area contributed by atoms with Gasteiger partial charge in [0, 0.05) is 0 Å². The number of aromatic hydroxyl groups is 1. The van der Waals surface area contributed by atoms with Crippen molar-refractivity contribution in [3.8, 4) is 17.2 Å². The average Bonchev–Trinajstić information content (AvgIpc) is 2.63. The van der Waals surface area contributed by atoms with E-state index in [1.807, 2.05) is 25.1 Å². The number of hydrogen-bond donors (Lipinski definition) is 3. The van der Waals surface area contributed by atoms with Crippen molar-refractivity contribution in [1.29, 1.82) is 0 Å². The van der Waals surface area contributed by atoms with Crippen molar-refractivity contribution in [2.24, 2.45) is 5.10 Å². The molecule has 0 unspecified atom stereocenters. The van der Waals surface area contributed by atoms with E-state index in [-0.39, 0.29) is 18.2 Å². The molecule has 7 nitrogen and oxygen atoms in total. The molecule has 0 aliphatic heterocycles. The number of phenols is 1. The lowest BCUT2D eigenvalue weighted by Crippen LogP contribution is -2.26. The number of carbonyl (C=O) groups is 1. The molecule has 0 bridgehead atoms. The first kappa shape index (κ1) is 18.1. The number of anilines is 1. The van der Waals surface area contributed by atoms with Crippen LogP contribution in [0.2, 0.25) is 0 Å². The molecule has 0 heterocycles. The van der Waals surface area contributed by atoms with Crippen LogP contribution < -0.4 is 20.2 Å². The highest BCUT2D eigenvalue weighted by atomic mass is 16.5. The summed E-state index contributed by atoms with van der Waals surface area (Å²) in [5, 5.41) is 16.5. The van der Waals surface area contributed by atoms with Gasteiger partial charge in [-0.2, -0.15) is 5.10 Å². The summed E-state index contributed by atoms with van der Waals surface area (Å²) in [6.07, 6.45) is 1.48. The number of nitrogens with one attached hydrogen (secondary N) is 2. The lowest BCUT2D eigenvalue weighted by atomic mass is 10.2. The molecule has 2 aromatic carbocycles. The molecule has 0 saturated heterocycles. The van der Waals surface area contributed by atoms with Crippen molar-refractivity contribution in [1.82, 2.24) is 5.43 Å². The smallest absolute Gasteiger partial charge is 0.259 e. The first-order valence-corrected chi connectivity index (χ1v) is 7.78. The van der Waals surface area contributed by atoms with E-state index in [2.05, 4.69) is 15.8 Å². The van der Waals surface area contributed by atoms with Gasteiger partial charge in [0.25, 0.3) is 5.91 Å². The minimum atomic E-state index is -0.300. The fourth-order valence-electron chi connectivity index (χ4n) is 2.07. The van der Waals surface area contributed by atoms with Crippen LogP contribution in [0.4, 0.5) is 5.69 Å². The molecule has 1 amide bonds. The largest absolute Gasteiger partial charge is 0.504 e. The maximum absolute atomic E-state index is 11.8. The van der Waals surface area contributed by atoms with Crippen molar-refractivity contribution >= 4 is 17.8 Å². The van der Waals surface area contributed by atoms with E-state index in [4.69, 9.17) is 9.47 Å². The van der Waals surface area contributed by atoms with Gasteiger partial charge in [0.15, 0.2) is 11.5 Å². The van der Waals surface area contributed by atoms with Crippen molar-refractivity contribution in [2.45, 2.75) is 6.92 Å². The van der Waals surface area contributed by atoms with E-state index in [9.17, 15) is 9.90 Å². The van der Waals surface area contributed by atoms with Gasteiger partial charge in [-0.25, -0.2) is 5.43 Å². The fourth-order valence-corrected chi connectivity index (χ4v) is 2.07. The number of rotatable bonds is 8. The zero-order chi connectivity index (χ0) is 18.1. The Kier molecular flexibility index (Phi) is 6.65. The molecule has 0 atom stereocenters. The molecule has 0 aliphatic rings. The topological polar surface area (TPSA) is 92.2 Å². The van der Waals surface area contributed by atoms with E-state index in [0.717, 1.165) is 5.69 Å². The molecule has 3 N–H and O–H groups in total. The molecule has 0 aromatic heterocycles.